The van der Waals surface area contributed by atoms with E-state index in [0.29, 0.717) is 16.8 Å². The molecule has 0 aliphatic heterocycles. The van der Waals surface area contributed by atoms with Gasteiger partial charge in [-0.3, -0.25) is 4.40 Å². The van der Waals surface area contributed by atoms with Crippen molar-refractivity contribution in [3.63, 3.8) is 0 Å². The van der Waals surface area contributed by atoms with Crippen LogP contribution in [-0.4, -0.2) is 21.0 Å². The van der Waals surface area contributed by atoms with Crippen LogP contribution in [0, 0.1) is 0 Å². The zero-order valence-corrected chi connectivity index (χ0v) is 10.0. The molecular weight excluding hydrogens is 271 g/mol. The number of hydrogen-bond donors (Lipinski definition) is 0. The number of alkyl halides is 3. The monoisotopic (exact) mass is 279 g/mol. The van der Waals surface area contributed by atoms with Gasteiger partial charge in [-0.05, 0) is 18.2 Å². The highest BCUT2D eigenvalue weighted by Crippen LogP contribution is 2.34. The lowest BCUT2D eigenvalue weighted by Crippen LogP contribution is -2.17. The van der Waals surface area contributed by atoms with Gasteiger partial charge in [-0.15, -0.1) is 23.4 Å². The van der Waals surface area contributed by atoms with Crippen molar-refractivity contribution in [1.29, 1.82) is 0 Å². The lowest BCUT2D eigenvalue weighted by Gasteiger charge is -2.13. The SMILES string of the molecule is FC(F)(F)Oc1ccccc1-c1cccn2cnnc12. The van der Waals surface area contributed by atoms with Crippen LogP contribution in [0.3, 0.4) is 0 Å². The van der Waals surface area contributed by atoms with Crippen molar-refractivity contribution in [2.24, 2.45) is 0 Å². The Morgan fingerprint density at radius 3 is 2.55 bits per heavy atom. The number of fused-ring (bicyclic) bond motifs is 1. The number of pyridine rings is 1. The average molecular weight is 279 g/mol. The van der Waals surface area contributed by atoms with Gasteiger partial charge < -0.3 is 4.74 Å². The number of aromatic nitrogens is 3. The Kier molecular flexibility index (Phi) is 2.81. The maximum atomic E-state index is 12.4. The predicted molar refractivity (Wildman–Crippen MR) is 65.1 cm³/mol. The fourth-order valence-electron chi connectivity index (χ4n) is 1.96. The van der Waals surface area contributed by atoms with Gasteiger partial charge in [-0.25, -0.2) is 0 Å². The molecule has 2 heterocycles. The molecule has 0 atom stereocenters. The minimum Gasteiger partial charge on any atom is -0.405 e. The summed E-state index contributed by atoms with van der Waals surface area (Å²) in [5, 5.41) is 7.65. The summed E-state index contributed by atoms with van der Waals surface area (Å²) in [6, 6.07) is 9.30. The standard InChI is InChI=1S/C13H8F3N3O/c14-13(15,16)20-11-6-2-1-4-9(11)10-5-3-7-19-8-17-18-12(10)19/h1-8H. The molecule has 3 aromatic rings. The first-order valence-electron chi connectivity index (χ1n) is 5.68. The van der Waals surface area contributed by atoms with E-state index >= 15 is 0 Å². The molecule has 7 heteroatoms. The van der Waals surface area contributed by atoms with Crippen LogP contribution in [0.25, 0.3) is 16.8 Å². The highest BCUT2D eigenvalue weighted by atomic mass is 19.4. The zero-order chi connectivity index (χ0) is 14.2. The molecule has 0 spiro atoms. The fourth-order valence-corrected chi connectivity index (χ4v) is 1.96. The molecular formula is C13H8F3N3O. The second-order valence-corrected chi connectivity index (χ2v) is 4.03. The van der Waals surface area contributed by atoms with Crippen molar-refractivity contribution in [2.75, 3.05) is 0 Å². The predicted octanol–water partition coefficient (Wildman–Crippen LogP) is 3.29. The van der Waals surface area contributed by atoms with Gasteiger partial charge in [-0.2, -0.15) is 0 Å². The minimum atomic E-state index is -4.74. The normalized spacial score (nSPS) is 11.8. The maximum absolute atomic E-state index is 12.4. The van der Waals surface area contributed by atoms with E-state index in [-0.39, 0.29) is 5.75 Å². The van der Waals surface area contributed by atoms with Gasteiger partial charge in [0.1, 0.15) is 12.1 Å². The van der Waals surface area contributed by atoms with Gasteiger partial charge in [0.15, 0.2) is 5.65 Å². The first-order valence-corrected chi connectivity index (χ1v) is 5.68. The van der Waals surface area contributed by atoms with Crippen molar-refractivity contribution in [1.82, 2.24) is 14.6 Å². The molecule has 0 aliphatic carbocycles. The number of benzene rings is 1. The average Bonchev–Trinajstić information content (AvgIpc) is 2.85. The van der Waals surface area contributed by atoms with E-state index in [4.69, 9.17) is 0 Å². The molecule has 1 aromatic carbocycles. The van der Waals surface area contributed by atoms with Crippen LogP contribution in [0.1, 0.15) is 0 Å². The van der Waals surface area contributed by atoms with Crippen molar-refractivity contribution in [3.8, 4) is 16.9 Å². The minimum absolute atomic E-state index is 0.267. The molecule has 0 N–H and O–H groups in total. The second-order valence-electron chi connectivity index (χ2n) is 4.03. The van der Waals surface area contributed by atoms with Crippen LogP contribution in [-0.2, 0) is 0 Å². The van der Waals surface area contributed by atoms with Gasteiger partial charge in [0.2, 0.25) is 0 Å². The molecule has 102 valence electrons. The smallest absolute Gasteiger partial charge is 0.405 e. The first-order chi connectivity index (χ1) is 9.54. The Balaban J connectivity index is 2.17. The van der Waals surface area contributed by atoms with Crippen molar-refractivity contribution < 1.29 is 17.9 Å². The lowest BCUT2D eigenvalue weighted by molar-refractivity contribution is -0.274. The Morgan fingerprint density at radius 1 is 1.00 bits per heavy atom. The van der Waals surface area contributed by atoms with Gasteiger partial charge in [-0.1, -0.05) is 18.2 Å². The van der Waals surface area contributed by atoms with Crippen LogP contribution < -0.4 is 4.74 Å². The third kappa shape index (κ3) is 2.29. The molecule has 0 radical (unpaired) electrons. The first kappa shape index (κ1) is 12.5. The summed E-state index contributed by atoms with van der Waals surface area (Å²) in [5.41, 5.74) is 1.29. The van der Waals surface area contributed by atoms with E-state index in [1.165, 1.54) is 18.5 Å². The van der Waals surface area contributed by atoms with Crippen LogP contribution in [0.5, 0.6) is 5.75 Å². The Hall–Kier alpha value is -2.57. The highest BCUT2D eigenvalue weighted by molar-refractivity contribution is 5.81. The van der Waals surface area contributed by atoms with Crippen LogP contribution >= 0.6 is 0 Å². The number of nitrogens with zero attached hydrogens (tertiary/aromatic N) is 3. The molecule has 20 heavy (non-hydrogen) atoms. The summed E-state index contributed by atoms with van der Waals surface area (Å²) < 4.78 is 43.0. The van der Waals surface area contributed by atoms with E-state index < -0.39 is 6.36 Å². The Bertz CT molecular complexity index is 752. The molecule has 3 rings (SSSR count). The Morgan fingerprint density at radius 2 is 1.75 bits per heavy atom. The second kappa shape index (κ2) is 4.52. The van der Waals surface area contributed by atoms with E-state index in [9.17, 15) is 13.2 Å². The zero-order valence-electron chi connectivity index (χ0n) is 10.0. The van der Waals surface area contributed by atoms with Gasteiger partial charge in [0.05, 0.1) is 0 Å². The molecule has 2 aromatic heterocycles. The maximum Gasteiger partial charge on any atom is 0.573 e. The van der Waals surface area contributed by atoms with E-state index in [2.05, 4.69) is 14.9 Å². The third-order valence-electron chi connectivity index (χ3n) is 2.73. The van der Waals surface area contributed by atoms with Gasteiger partial charge in [0.25, 0.3) is 0 Å². The lowest BCUT2D eigenvalue weighted by atomic mass is 10.1. The van der Waals surface area contributed by atoms with Gasteiger partial charge in [0, 0.05) is 17.3 Å². The van der Waals surface area contributed by atoms with Crippen LogP contribution in [0.4, 0.5) is 13.2 Å². The van der Waals surface area contributed by atoms with E-state index in [1.807, 2.05) is 0 Å². The molecule has 0 fully saturated rings. The highest BCUT2D eigenvalue weighted by Gasteiger charge is 2.32. The molecule has 0 aliphatic rings. The van der Waals surface area contributed by atoms with Gasteiger partial charge >= 0.3 is 6.36 Å². The summed E-state index contributed by atoms with van der Waals surface area (Å²) in [6.45, 7) is 0. The number of rotatable bonds is 2. The largest absolute Gasteiger partial charge is 0.573 e. The molecule has 0 unspecified atom stereocenters. The molecule has 0 saturated heterocycles. The summed E-state index contributed by atoms with van der Waals surface area (Å²) in [4.78, 5) is 0. The van der Waals surface area contributed by atoms with Crippen molar-refractivity contribution >= 4 is 5.65 Å². The number of para-hydroxylation sites is 1. The summed E-state index contributed by atoms with van der Waals surface area (Å²) >= 11 is 0. The molecule has 0 saturated carbocycles. The Labute approximate surface area is 111 Å². The quantitative estimate of drug-likeness (QED) is 0.722. The number of ether oxygens (including phenoxy) is 1. The van der Waals surface area contributed by atoms with Crippen LogP contribution in [0.15, 0.2) is 48.9 Å². The summed E-state index contributed by atoms with van der Waals surface area (Å²) in [6.07, 6.45) is -1.55. The summed E-state index contributed by atoms with van der Waals surface area (Å²) in [7, 11) is 0. The van der Waals surface area contributed by atoms with E-state index in [1.54, 1.807) is 34.9 Å². The molecule has 4 nitrogen and oxygen atoms in total. The molecule has 0 amide bonds. The van der Waals surface area contributed by atoms with Crippen molar-refractivity contribution in [3.05, 3.63) is 48.9 Å². The number of hydrogen-bond acceptors (Lipinski definition) is 3. The van der Waals surface area contributed by atoms with Crippen molar-refractivity contribution in [2.45, 2.75) is 6.36 Å². The van der Waals surface area contributed by atoms with E-state index in [0.717, 1.165) is 0 Å². The summed E-state index contributed by atoms with van der Waals surface area (Å²) in [5.74, 6) is -0.267. The third-order valence-corrected chi connectivity index (χ3v) is 2.73. The van der Waals surface area contributed by atoms with Crippen LogP contribution in [0.2, 0.25) is 0 Å². The topological polar surface area (TPSA) is 39.4 Å². The molecule has 0 bridgehead atoms. The number of halogens is 3. The fraction of sp³-hybridized carbons (Fsp3) is 0.0769.